The van der Waals surface area contributed by atoms with Crippen molar-refractivity contribution in [2.75, 3.05) is 5.32 Å². The van der Waals surface area contributed by atoms with Crippen molar-refractivity contribution in [3.05, 3.63) is 68.3 Å². The fraction of sp³-hybridized carbons (Fsp3) is 0.250. The maximum Gasteiger partial charge on any atom is 0.267 e. The van der Waals surface area contributed by atoms with Crippen molar-refractivity contribution < 1.29 is 4.79 Å². The Morgan fingerprint density at radius 2 is 2.00 bits per heavy atom. The number of fused-ring (bicyclic) bond motifs is 1. The number of anilines is 1. The van der Waals surface area contributed by atoms with Gasteiger partial charge in [-0.05, 0) is 67.6 Å². The Kier molecular flexibility index (Phi) is 4.85. The molecular formula is C20H18ClN3O2S. The molecule has 0 fully saturated rings. The molecule has 2 heterocycles. The molecule has 1 atom stereocenters. The highest BCUT2D eigenvalue weighted by atomic mass is 35.5. The van der Waals surface area contributed by atoms with Crippen LogP contribution in [0.1, 0.15) is 30.5 Å². The average molecular weight is 400 g/mol. The molecule has 0 spiro atoms. The van der Waals surface area contributed by atoms with Gasteiger partial charge in [0, 0.05) is 11.8 Å². The van der Waals surface area contributed by atoms with E-state index >= 15 is 0 Å². The number of aryl methyl sites for hydroxylation is 2. The van der Waals surface area contributed by atoms with Crippen LogP contribution in [-0.2, 0) is 17.6 Å². The Hall–Kier alpha value is -2.44. The number of hydrogen-bond donors (Lipinski definition) is 1. The van der Waals surface area contributed by atoms with Gasteiger partial charge in [-0.25, -0.2) is 4.68 Å². The van der Waals surface area contributed by atoms with Crippen molar-refractivity contribution in [2.45, 2.75) is 32.2 Å². The van der Waals surface area contributed by atoms with E-state index in [-0.39, 0.29) is 11.5 Å². The number of rotatable bonds is 4. The number of amides is 1. The summed E-state index contributed by atoms with van der Waals surface area (Å²) in [6, 6.07) is 12.0. The van der Waals surface area contributed by atoms with Crippen LogP contribution in [-0.4, -0.2) is 15.7 Å². The first-order chi connectivity index (χ1) is 13.0. The lowest BCUT2D eigenvalue weighted by Crippen LogP contribution is -2.33. The van der Waals surface area contributed by atoms with Gasteiger partial charge in [-0.3, -0.25) is 9.59 Å². The van der Waals surface area contributed by atoms with Crippen molar-refractivity contribution in [2.24, 2.45) is 0 Å². The summed E-state index contributed by atoms with van der Waals surface area (Å²) in [5.74, 6) is -0.274. The molecular weight excluding hydrogens is 382 g/mol. The molecule has 1 amide bonds. The number of aromatic nitrogens is 2. The maximum absolute atomic E-state index is 12.7. The summed E-state index contributed by atoms with van der Waals surface area (Å²) in [5, 5.41) is 7.27. The summed E-state index contributed by atoms with van der Waals surface area (Å²) in [6.07, 6.45) is 3.29. The highest BCUT2D eigenvalue weighted by Crippen LogP contribution is 2.29. The molecule has 1 aliphatic rings. The first-order valence-corrected chi connectivity index (χ1v) is 9.99. The standard InChI is InChI=1S/C20H18ClN3O2S/c1-12(20(26)22-15-6-5-13-3-2-4-14(13)11-15)24-19(25)10-7-16(23-24)17-8-9-18(21)27-17/h5-12H,2-4H2,1H3,(H,22,26)/t12-/m1/s1. The predicted octanol–water partition coefficient (Wildman–Crippen LogP) is 4.31. The molecule has 0 saturated heterocycles. The molecule has 1 aliphatic carbocycles. The first-order valence-electron chi connectivity index (χ1n) is 8.79. The average Bonchev–Trinajstić information content (AvgIpc) is 3.30. The van der Waals surface area contributed by atoms with E-state index in [2.05, 4.69) is 16.5 Å². The maximum atomic E-state index is 12.7. The van der Waals surface area contributed by atoms with Crippen LogP contribution in [0.4, 0.5) is 5.69 Å². The van der Waals surface area contributed by atoms with E-state index in [4.69, 9.17) is 11.6 Å². The van der Waals surface area contributed by atoms with Crippen molar-refractivity contribution in [3.63, 3.8) is 0 Å². The zero-order valence-corrected chi connectivity index (χ0v) is 16.3. The SMILES string of the molecule is C[C@H](C(=O)Nc1ccc2c(c1)CCC2)n1nc(-c2ccc(Cl)s2)ccc1=O. The van der Waals surface area contributed by atoms with Crippen LogP contribution < -0.4 is 10.9 Å². The second-order valence-corrected chi connectivity index (χ2v) is 8.32. The molecule has 7 heteroatoms. The van der Waals surface area contributed by atoms with Gasteiger partial charge in [0.1, 0.15) is 11.7 Å². The van der Waals surface area contributed by atoms with Crippen molar-refractivity contribution in [3.8, 4) is 10.6 Å². The van der Waals surface area contributed by atoms with E-state index in [1.54, 1.807) is 19.1 Å². The zero-order valence-electron chi connectivity index (χ0n) is 14.7. The molecule has 2 aromatic heterocycles. The van der Waals surface area contributed by atoms with E-state index < -0.39 is 6.04 Å². The minimum Gasteiger partial charge on any atom is -0.324 e. The summed E-state index contributed by atoms with van der Waals surface area (Å²) in [7, 11) is 0. The number of nitrogens with zero attached hydrogens (tertiary/aromatic N) is 2. The van der Waals surface area contributed by atoms with Gasteiger partial charge < -0.3 is 5.32 Å². The Bertz CT molecular complexity index is 1070. The predicted molar refractivity (Wildman–Crippen MR) is 109 cm³/mol. The smallest absolute Gasteiger partial charge is 0.267 e. The normalized spacial score (nSPS) is 14.0. The number of carbonyl (C=O) groups excluding carboxylic acids is 1. The highest BCUT2D eigenvalue weighted by Gasteiger charge is 2.19. The topological polar surface area (TPSA) is 64.0 Å². The van der Waals surface area contributed by atoms with E-state index in [9.17, 15) is 9.59 Å². The van der Waals surface area contributed by atoms with Crippen molar-refractivity contribution in [1.29, 1.82) is 0 Å². The summed E-state index contributed by atoms with van der Waals surface area (Å²) in [5.41, 5.74) is 3.68. The fourth-order valence-corrected chi connectivity index (χ4v) is 4.30. The second kappa shape index (κ2) is 7.29. The Balaban J connectivity index is 1.57. The molecule has 0 unspecified atom stereocenters. The lowest BCUT2D eigenvalue weighted by molar-refractivity contribution is -0.119. The molecule has 4 rings (SSSR count). The third-order valence-corrected chi connectivity index (χ3v) is 6.02. The summed E-state index contributed by atoms with van der Waals surface area (Å²) < 4.78 is 1.86. The number of benzene rings is 1. The minimum absolute atomic E-state index is 0.274. The van der Waals surface area contributed by atoms with Crippen molar-refractivity contribution in [1.82, 2.24) is 9.78 Å². The molecule has 27 heavy (non-hydrogen) atoms. The molecule has 0 aliphatic heterocycles. The second-order valence-electron chi connectivity index (χ2n) is 6.61. The van der Waals surface area contributed by atoms with E-state index in [0.717, 1.165) is 29.8 Å². The monoisotopic (exact) mass is 399 g/mol. The summed E-state index contributed by atoms with van der Waals surface area (Å²) in [4.78, 5) is 25.8. The van der Waals surface area contributed by atoms with Crippen LogP contribution in [0, 0.1) is 0 Å². The molecule has 1 aromatic carbocycles. The van der Waals surface area contributed by atoms with Crippen LogP contribution in [0.2, 0.25) is 4.34 Å². The number of nitrogens with one attached hydrogen (secondary N) is 1. The molecule has 0 bridgehead atoms. The van der Waals surface area contributed by atoms with E-state index in [1.807, 2.05) is 18.2 Å². The largest absolute Gasteiger partial charge is 0.324 e. The Morgan fingerprint density at radius 3 is 2.78 bits per heavy atom. The minimum atomic E-state index is -0.735. The lowest BCUT2D eigenvalue weighted by Gasteiger charge is -2.15. The first kappa shape index (κ1) is 17.9. The molecule has 0 radical (unpaired) electrons. The molecule has 1 N–H and O–H groups in total. The molecule has 0 saturated carbocycles. The van der Waals surface area contributed by atoms with Crippen LogP contribution >= 0.6 is 22.9 Å². The quantitative estimate of drug-likeness (QED) is 0.710. The van der Waals surface area contributed by atoms with Gasteiger partial charge in [0.25, 0.3) is 5.56 Å². The van der Waals surface area contributed by atoms with Crippen LogP contribution in [0.25, 0.3) is 10.6 Å². The molecule has 3 aromatic rings. The summed E-state index contributed by atoms with van der Waals surface area (Å²) >= 11 is 7.36. The van der Waals surface area contributed by atoms with Gasteiger partial charge in [0.15, 0.2) is 0 Å². The summed E-state index contributed by atoms with van der Waals surface area (Å²) in [6.45, 7) is 1.67. The molecule has 138 valence electrons. The Morgan fingerprint density at radius 1 is 1.19 bits per heavy atom. The van der Waals surface area contributed by atoms with Gasteiger partial charge in [0.2, 0.25) is 5.91 Å². The van der Waals surface area contributed by atoms with E-state index in [0.29, 0.717) is 10.0 Å². The third-order valence-electron chi connectivity index (χ3n) is 4.76. The Labute approximate surface area is 165 Å². The van der Waals surface area contributed by atoms with E-state index in [1.165, 1.54) is 33.2 Å². The van der Waals surface area contributed by atoms with Gasteiger partial charge in [0.05, 0.1) is 9.21 Å². The van der Waals surface area contributed by atoms with Crippen LogP contribution in [0.5, 0.6) is 0 Å². The third kappa shape index (κ3) is 3.68. The highest BCUT2D eigenvalue weighted by molar-refractivity contribution is 7.19. The fourth-order valence-electron chi connectivity index (χ4n) is 3.29. The van der Waals surface area contributed by atoms with Crippen LogP contribution in [0.3, 0.4) is 0 Å². The zero-order chi connectivity index (χ0) is 19.0. The van der Waals surface area contributed by atoms with Gasteiger partial charge in [-0.2, -0.15) is 5.10 Å². The van der Waals surface area contributed by atoms with Crippen molar-refractivity contribution >= 4 is 34.5 Å². The van der Waals surface area contributed by atoms with Gasteiger partial charge in [-0.1, -0.05) is 17.7 Å². The lowest BCUT2D eigenvalue weighted by atomic mass is 10.1. The van der Waals surface area contributed by atoms with Crippen LogP contribution in [0.15, 0.2) is 47.3 Å². The number of halogens is 1. The number of thiophene rings is 1. The van der Waals surface area contributed by atoms with Gasteiger partial charge >= 0.3 is 0 Å². The number of carbonyl (C=O) groups is 1. The van der Waals surface area contributed by atoms with Gasteiger partial charge in [-0.15, -0.1) is 11.3 Å². The number of hydrogen-bond acceptors (Lipinski definition) is 4. The molecule has 5 nitrogen and oxygen atoms in total.